The minimum atomic E-state index is -1.09. The van der Waals surface area contributed by atoms with Crippen LogP contribution in [0.15, 0.2) is 30.9 Å². The SMILES string of the molecule is O=C1CC[C@@]2(O)[C@H]3Cc4ccc(OC(=O)n5ccnc5)c(O)c4[C@@]2(CCN3CC2CC2)C1. The van der Waals surface area contributed by atoms with Crippen molar-refractivity contribution >= 4 is 11.9 Å². The van der Waals surface area contributed by atoms with Crippen molar-refractivity contribution in [2.24, 2.45) is 5.92 Å². The predicted molar refractivity (Wildman–Crippen MR) is 114 cm³/mol. The molecule has 2 bridgehead atoms. The molecule has 2 saturated carbocycles. The van der Waals surface area contributed by atoms with E-state index < -0.39 is 17.1 Å². The lowest BCUT2D eigenvalue weighted by Gasteiger charge is -2.63. The number of aliphatic hydroxyl groups is 1. The van der Waals surface area contributed by atoms with Crippen molar-refractivity contribution in [1.82, 2.24) is 14.5 Å². The van der Waals surface area contributed by atoms with Gasteiger partial charge < -0.3 is 14.9 Å². The van der Waals surface area contributed by atoms with Gasteiger partial charge >= 0.3 is 6.09 Å². The lowest BCUT2D eigenvalue weighted by molar-refractivity contribution is -0.173. The number of ketones is 1. The zero-order valence-corrected chi connectivity index (χ0v) is 17.9. The second-order valence-corrected chi connectivity index (χ2v) is 9.91. The Morgan fingerprint density at radius 3 is 2.88 bits per heavy atom. The van der Waals surface area contributed by atoms with Crippen LogP contribution in [0.5, 0.6) is 11.5 Å². The van der Waals surface area contributed by atoms with Crippen molar-refractivity contribution in [3.63, 3.8) is 0 Å². The Hall–Kier alpha value is -2.71. The zero-order valence-electron chi connectivity index (χ0n) is 17.9. The first kappa shape index (κ1) is 19.9. The number of Topliss-reactive ketones (excluding diaryl/α,β-unsaturated/α-hetero) is 1. The van der Waals surface area contributed by atoms with Gasteiger partial charge in [0.2, 0.25) is 0 Å². The number of benzene rings is 1. The average molecular weight is 437 g/mol. The van der Waals surface area contributed by atoms with Crippen molar-refractivity contribution in [2.45, 2.75) is 62.0 Å². The quantitative estimate of drug-likeness (QED) is 0.760. The van der Waals surface area contributed by atoms with Gasteiger partial charge in [0.05, 0.1) is 5.60 Å². The van der Waals surface area contributed by atoms with Gasteiger partial charge in [-0.05, 0) is 56.2 Å². The molecule has 0 spiro atoms. The van der Waals surface area contributed by atoms with Gasteiger partial charge in [-0.25, -0.2) is 14.3 Å². The van der Waals surface area contributed by atoms with E-state index in [1.807, 2.05) is 6.07 Å². The monoisotopic (exact) mass is 437 g/mol. The maximum Gasteiger partial charge on any atom is 0.424 e. The molecule has 8 heteroatoms. The number of rotatable bonds is 3. The number of piperidine rings is 1. The fourth-order valence-electron chi connectivity index (χ4n) is 6.43. The fraction of sp³-hybridized carbons (Fsp3) is 0.542. The van der Waals surface area contributed by atoms with Crippen LogP contribution in [0.1, 0.15) is 49.7 Å². The number of hydrogen-bond acceptors (Lipinski definition) is 7. The molecule has 2 aromatic rings. The van der Waals surface area contributed by atoms with E-state index in [-0.39, 0.29) is 29.7 Å². The van der Waals surface area contributed by atoms with E-state index in [9.17, 15) is 19.8 Å². The maximum absolute atomic E-state index is 12.7. The summed E-state index contributed by atoms with van der Waals surface area (Å²) < 4.78 is 6.65. The summed E-state index contributed by atoms with van der Waals surface area (Å²) in [5, 5.41) is 23.5. The summed E-state index contributed by atoms with van der Waals surface area (Å²) in [5.74, 6) is 0.711. The van der Waals surface area contributed by atoms with Crippen molar-refractivity contribution in [1.29, 1.82) is 0 Å². The zero-order chi connectivity index (χ0) is 22.1. The van der Waals surface area contributed by atoms with Gasteiger partial charge in [0.25, 0.3) is 0 Å². The molecule has 1 aromatic carbocycles. The van der Waals surface area contributed by atoms with Gasteiger partial charge in [-0.3, -0.25) is 9.69 Å². The van der Waals surface area contributed by atoms with Crippen LogP contribution >= 0.6 is 0 Å². The molecule has 0 radical (unpaired) electrons. The first-order chi connectivity index (χ1) is 15.4. The van der Waals surface area contributed by atoms with E-state index in [0.29, 0.717) is 37.2 Å². The maximum atomic E-state index is 12.7. The predicted octanol–water partition coefficient (Wildman–Crippen LogP) is 2.40. The number of carbonyl (C=O) groups is 2. The summed E-state index contributed by atoms with van der Waals surface area (Å²) >= 11 is 0. The number of carbonyl (C=O) groups excluding carboxylic acids is 2. The molecule has 1 saturated heterocycles. The van der Waals surface area contributed by atoms with E-state index in [1.165, 1.54) is 36.1 Å². The van der Waals surface area contributed by atoms with Crippen LogP contribution < -0.4 is 4.74 Å². The van der Waals surface area contributed by atoms with Crippen LogP contribution in [0.3, 0.4) is 0 Å². The van der Waals surface area contributed by atoms with Gasteiger partial charge in [0, 0.05) is 48.8 Å². The summed E-state index contributed by atoms with van der Waals surface area (Å²) in [6.45, 7) is 1.77. The molecule has 2 N–H and O–H groups in total. The molecule has 3 atom stereocenters. The Kier molecular flexibility index (Phi) is 4.29. The first-order valence-electron chi connectivity index (χ1n) is 11.4. The Bertz CT molecular complexity index is 1100. The minimum Gasteiger partial charge on any atom is -0.504 e. The van der Waals surface area contributed by atoms with Crippen molar-refractivity contribution in [3.05, 3.63) is 42.0 Å². The van der Waals surface area contributed by atoms with Crippen LogP contribution in [0, 0.1) is 5.92 Å². The molecule has 3 aliphatic carbocycles. The van der Waals surface area contributed by atoms with Gasteiger partial charge in [0.1, 0.15) is 12.1 Å². The molecule has 1 aliphatic heterocycles. The first-order valence-corrected chi connectivity index (χ1v) is 11.4. The van der Waals surface area contributed by atoms with Crippen molar-refractivity contribution < 1.29 is 24.5 Å². The number of fused-ring (bicyclic) bond motifs is 1. The fourth-order valence-corrected chi connectivity index (χ4v) is 6.43. The second-order valence-electron chi connectivity index (χ2n) is 9.91. The lowest BCUT2D eigenvalue weighted by atomic mass is 9.49. The highest BCUT2D eigenvalue weighted by atomic mass is 16.6. The highest BCUT2D eigenvalue weighted by molar-refractivity contribution is 5.83. The Morgan fingerprint density at radius 2 is 2.12 bits per heavy atom. The van der Waals surface area contributed by atoms with Crippen LogP contribution in [0.2, 0.25) is 0 Å². The third-order valence-electron chi connectivity index (χ3n) is 8.15. The molecule has 32 heavy (non-hydrogen) atoms. The number of hydrogen-bond donors (Lipinski definition) is 2. The van der Waals surface area contributed by atoms with E-state index in [2.05, 4.69) is 9.88 Å². The van der Waals surface area contributed by atoms with Gasteiger partial charge in [-0.2, -0.15) is 0 Å². The summed E-state index contributed by atoms with van der Waals surface area (Å²) in [4.78, 5) is 31.4. The Labute approximate surface area is 185 Å². The number of aromatic hydroxyl groups is 1. The summed E-state index contributed by atoms with van der Waals surface area (Å²) in [6.07, 6.45) is 8.24. The van der Waals surface area contributed by atoms with Crippen molar-refractivity contribution in [2.75, 3.05) is 13.1 Å². The van der Waals surface area contributed by atoms with E-state index in [4.69, 9.17) is 4.74 Å². The third-order valence-corrected chi connectivity index (χ3v) is 8.15. The number of likely N-dealkylation sites (tertiary alicyclic amines) is 1. The molecular weight excluding hydrogens is 410 g/mol. The minimum absolute atomic E-state index is 0.0380. The van der Waals surface area contributed by atoms with Gasteiger partial charge in [-0.1, -0.05) is 6.07 Å². The standard InChI is InChI=1S/C24H27N3O5/c28-17-5-6-24(31)19-11-16-3-4-18(32-22(30)27-10-8-25-14-27)21(29)20(16)23(24,12-17)7-9-26(19)13-15-1-2-15/h3-4,8,10,14-15,19,29,31H,1-2,5-7,9,11-13H2/t19-,23-,24-/m1/s1. The average Bonchev–Trinajstić information content (AvgIpc) is 3.40. The number of ether oxygens (including phenoxy) is 1. The number of aromatic nitrogens is 2. The molecule has 3 fully saturated rings. The largest absolute Gasteiger partial charge is 0.504 e. The molecule has 0 amide bonds. The molecule has 168 valence electrons. The lowest BCUT2D eigenvalue weighted by Crippen LogP contribution is -2.73. The number of phenolic OH excluding ortho intramolecular Hbond substituents is 1. The van der Waals surface area contributed by atoms with Crippen LogP contribution in [-0.4, -0.2) is 61.3 Å². The third kappa shape index (κ3) is 2.79. The summed E-state index contributed by atoms with van der Waals surface area (Å²) in [5.41, 5.74) is -0.436. The van der Waals surface area contributed by atoms with E-state index in [0.717, 1.165) is 18.7 Å². The van der Waals surface area contributed by atoms with Crippen LogP contribution in [0.4, 0.5) is 4.79 Å². The van der Waals surface area contributed by atoms with Gasteiger partial charge in [0.15, 0.2) is 11.5 Å². The summed E-state index contributed by atoms with van der Waals surface area (Å²) in [7, 11) is 0. The highest BCUT2D eigenvalue weighted by Gasteiger charge is 2.65. The number of nitrogens with zero attached hydrogens (tertiary/aromatic N) is 3. The molecule has 4 aliphatic rings. The summed E-state index contributed by atoms with van der Waals surface area (Å²) in [6, 6.07) is 3.41. The van der Waals surface area contributed by atoms with E-state index in [1.54, 1.807) is 6.07 Å². The van der Waals surface area contributed by atoms with E-state index >= 15 is 0 Å². The molecule has 1 aromatic heterocycles. The smallest absolute Gasteiger partial charge is 0.424 e. The topological polar surface area (TPSA) is 105 Å². The highest BCUT2D eigenvalue weighted by Crippen LogP contribution is 2.60. The molecule has 6 rings (SSSR count). The number of phenols is 1. The van der Waals surface area contributed by atoms with Crippen LogP contribution in [-0.2, 0) is 16.6 Å². The second kappa shape index (κ2) is 6.89. The normalized spacial score (nSPS) is 31.7. The molecule has 8 nitrogen and oxygen atoms in total. The Morgan fingerprint density at radius 1 is 1.28 bits per heavy atom. The molecule has 0 unspecified atom stereocenters. The van der Waals surface area contributed by atoms with Crippen molar-refractivity contribution in [3.8, 4) is 11.5 Å². The van der Waals surface area contributed by atoms with Crippen LogP contribution in [0.25, 0.3) is 0 Å². The van der Waals surface area contributed by atoms with Gasteiger partial charge in [-0.15, -0.1) is 0 Å². The molecule has 2 heterocycles. The Balaban J connectivity index is 1.44. The molecular formula is C24H27N3O5. The number of imidazole rings is 1.